The summed E-state index contributed by atoms with van der Waals surface area (Å²) < 4.78 is 14.3. The smallest absolute Gasteiger partial charge is 0.119 e. The predicted octanol–water partition coefficient (Wildman–Crippen LogP) is 8.58. The monoisotopic (exact) mass is 571 g/mol. The normalized spacial score (nSPS) is 13.7. The van der Waals surface area contributed by atoms with Crippen molar-refractivity contribution in [2.75, 3.05) is 32.8 Å². The summed E-state index contributed by atoms with van der Waals surface area (Å²) in [5.41, 5.74) is 4.44. The Morgan fingerprint density at radius 2 is 1.46 bits per heavy atom. The number of halogens is 1. The van der Waals surface area contributed by atoms with Crippen molar-refractivity contribution < 1.29 is 9.47 Å². The van der Waals surface area contributed by atoms with Gasteiger partial charge in [0.1, 0.15) is 17.3 Å². The molecule has 5 nitrogen and oxygen atoms in total. The van der Waals surface area contributed by atoms with E-state index in [1.807, 2.05) is 36.4 Å². The highest BCUT2D eigenvalue weighted by atomic mass is 35.5. The van der Waals surface area contributed by atoms with E-state index in [4.69, 9.17) is 26.1 Å². The fourth-order valence-electron chi connectivity index (χ4n) is 5.59. The maximum Gasteiger partial charge on any atom is 0.119 e. The number of ether oxygens (including phenoxy) is 2. The Bertz CT molecular complexity index is 1340. The van der Waals surface area contributed by atoms with Crippen LogP contribution in [0.15, 0.2) is 79.0 Å². The van der Waals surface area contributed by atoms with Gasteiger partial charge in [0.15, 0.2) is 0 Å². The summed E-state index contributed by atoms with van der Waals surface area (Å²) in [5.74, 6) is 3.44. The van der Waals surface area contributed by atoms with Crippen molar-refractivity contribution in [2.45, 2.75) is 58.3 Å². The van der Waals surface area contributed by atoms with Crippen molar-refractivity contribution in [1.29, 1.82) is 0 Å². The molecule has 0 aliphatic heterocycles. The zero-order valence-electron chi connectivity index (χ0n) is 24.4. The van der Waals surface area contributed by atoms with E-state index in [2.05, 4.69) is 65.9 Å². The molecule has 1 aliphatic carbocycles. The summed E-state index contributed by atoms with van der Waals surface area (Å²) in [4.78, 5) is 7.60. The molecule has 0 amide bonds. The first-order valence-corrected chi connectivity index (χ1v) is 15.5. The van der Waals surface area contributed by atoms with E-state index in [0.29, 0.717) is 12.5 Å². The molecule has 1 heterocycles. The number of imidazole rings is 1. The Balaban J connectivity index is 1.24. The lowest BCUT2D eigenvalue weighted by Gasteiger charge is -2.17. The highest BCUT2D eigenvalue weighted by molar-refractivity contribution is 6.30. The lowest BCUT2D eigenvalue weighted by molar-refractivity contribution is 0.249. The van der Waals surface area contributed by atoms with Crippen LogP contribution in [0, 0.1) is 0 Å². The summed E-state index contributed by atoms with van der Waals surface area (Å²) in [6, 6.07) is 24.7. The molecule has 1 saturated carbocycles. The van der Waals surface area contributed by atoms with Gasteiger partial charge in [-0.25, -0.2) is 4.98 Å². The van der Waals surface area contributed by atoms with Crippen LogP contribution in [-0.4, -0.2) is 47.3 Å². The van der Waals surface area contributed by atoms with Crippen LogP contribution in [-0.2, 0) is 6.42 Å². The quantitative estimate of drug-likeness (QED) is 0.142. The highest BCUT2D eigenvalue weighted by Gasteiger charge is 2.24. The minimum atomic E-state index is 0.496. The van der Waals surface area contributed by atoms with E-state index < -0.39 is 0 Å². The molecule has 1 aromatic heterocycles. The van der Waals surface area contributed by atoms with Crippen LogP contribution >= 0.6 is 11.6 Å². The van der Waals surface area contributed by atoms with Gasteiger partial charge in [-0.3, -0.25) is 0 Å². The molecule has 6 heteroatoms. The molecule has 0 radical (unpaired) electrons. The summed E-state index contributed by atoms with van der Waals surface area (Å²) >= 11 is 5.99. The van der Waals surface area contributed by atoms with Crippen LogP contribution in [0.1, 0.15) is 63.3 Å². The van der Waals surface area contributed by atoms with E-state index in [9.17, 15) is 0 Å². The average molecular weight is 572 g/mol. The third kappa shape index (κ3) is 7.93. The van der Waals surface area contributed by atoms with Gasteiger partial charge in [-0.15, -0.1) is 0 Å². The minimum absolute atomic E-state index is 0.496. The lowest BCUT2D eigenvalue weighted by atomic mass is 10.1. The summed E-state index contributed by atoms with van der Waals surface area (Å²) in [6.45, 7) is 9.02. The fourth-order valence-corrected chi connectivity index (χ4v) is 5.72. The van der Waals surface area contributed by atoms with Crippen molar-refractivity contribution >= 4 is 11.6 Å². The summed E-state index contributed by atoms with van der Waals surface area (Å²) in [5, 5.41) is 0.756. The molecular formula is C35H42ClN3O2. The van der Waals surface area contributed by atoms with Crippen molar-refractivity contribution in [3.63, 3.8) is 0 Å². The minimum Gasteiger partial charge on any atom is -0.494 e. The number of nitrogens with zero attached hydrogens (tertiary/aromatic N) is 3. The molecule has 5 rings (SSSR count). The summed E-state index contributed by atoms with van der Waals surface area (Å²) in [7, 11) is 0. The highest BCUT2D eigenvalue weighted by Crippen LogP contribution is 2.36. The van der Waals surface area contributed by atoms with Crippen LogP contribution < -0.4 is 9.47 Å². The Morgan fingerprint density at radius 1 is 0.829 bits per heavy atom. The number of benzene rings is 3. The van der Waals surface area contributed by atoms with Gasteiger partial charge in [0.25, 0.3) is 0 Å². The zero-order valence-corrected chi connectivity index (χ0v) is 25.2. The van der Waals surface area contributed by atoms with E-state index in [-0.39, 0.29) is 0 Å². The van der Waals surface area contributed by atoms with Gasteiger partial charge < -0.3 is 18.9 Å². The van der Waals surface area contributed by atoms with Crippen molar-refractivity contribution in [3.05, 3.63) is 95.4 Å². The Morgan fingerprint density at radius 3 is 2.12 bits per heavy atom. The third-order valence-corrected chi connectivity index (χ3v) is 8.33. The molecule has 1 aliphatic rings. The van der Waals surface area contributed by atoms with Gasteiger partial charge in [0.05, 0.1) is 18.9 Å². The molecule has 0 spiro atoms. The molecular weight excluding hydrogens is 530 g/mol. The predicted molar refractivity (Wildman–Crippen MR) is 169 cm³/mol. The maximum absolute atomic E-state index is 6.04. The second-order valence-corrected chi connectivity index (χ2v) is 11.2. The molecule has 0 atom stereocenters. The van der Waals surface area contributed by atoms with Crippen molar-refractivity contribution in [2.24, 2.45) is 0 Å². The average Bonchev–Trinajstić information content (AvgIpc) is 3.70. The number of aromatic nitrogens is 2. The van der Waals surface area contributed by atoms with Gasteiger partial charge in [-0.05, 0) is 98.6 Å². The zero-order chi connectivity index (χ0) is 28.4. The molecule has 216 valence electrons. The molecule has 1 fully saturated rings. The Kier molecular flexibility index (Phi) is 10.4. The molecule has 0 saturated heterocycles. The molecule has 0 bridgehead atoms. The SMILES string of the molecule is CCN(CC)CCCOc1ccc(-n2cc(-c3ccc(OCCc4ccc(Cl)cc4)cc3)nc2C2CCCC2)cc1. The van der Waals surface area contributed by atoms with Crippen LogP contribution in [0.5, 0.6) is 11.5 Å². The van der Waals surface area contributed by atoms with E-state index >= 15 is 0 Å². The van der Waals surface area contributed by atoms with Crippen molar-refractivity contribution in [1.82, 2.24) is 14.5 Å². The van der Waals surface area contributed by atoms with Crippen LogP contribution in [0.4, 0.5) is 0 Å². The Labute approximate surface area is 250 Å². The fraction of sp³-hybridized carbons (Fsp3) is 0.400. The van der Waals surface area contributed by atoms with E-state index in [0.717, 1.165) is 78.4 Å². The number of rotatable bonds is 14. The largest absolute Gasteiger partial charge is 0.494 e. The second kappa shape index (κ2) is 14.6. The molecule has 0 N–H and O–H groups in total. The van der Waals surface area contributed by atoms with Gasteiger partial charge in [0.2, 0.25) is 0 Å². The topological polar surface area (TPSA) is 39.5 Å². The molecule has 3 aromatic carbocycles. The van der Waals surface area contributed by atoms with E-state index in [1.165, 1.54) is 31.2 Å². The first kappa shape index (κ1) is 29.2. The first-order valence-electron chi connectivity index (χ1n) is 15.2. The molecule has 0 unspecified atom stereocenters. The standard InChI is InChI=1S/C35H42ClN3O2/c1-3-38(4-2)23-7-24-40-33-20-16-31(17-21-33)39-26-34(37-35(39)29-8-5-6-9-29)28-12-18-32(19-13-28)41-25-22-27-10-14-30(36)15-11-27/h10-21,26,29H,3-9,22-25H2,1-2H3. The maximum atomic E-state index is 6.04. The van der Waals surface area contributed by atoms with Gasteiger partial charge in [-0.1, -0.05) is 50.4 Å². The van der Waals surface area contributed by atoms with Crippen LogP contribution in [0.3, 0.4) is 0 Å². The van der Waals surface area contributed by atoms with Gasteiger partial charge in [0, 0.05) is 41.4 Å². The lowest BCUT2D eigenvalue weighted by Crippen LogP contribution is -2.25. The Hall–Kier alpha value is -3.28. The third-order valence-electron chi connectivity index (χ3n) is 8.07. The van der Waals surface area contributed by atoms with E-state index in [1.54, 1.807) is 0 Å². The number of hydrogen-bond acceptors (Lipinski definition) is 4. The van der Waals surface area contributed by atoms with Gasteiger partial charge in [-0.2, -0.15) is 0 Å². The first-order chi connectivity index (χ1) is 20.1. The number of hydrogen-bond donors (Lipinski definition) is 0. The van der Waals surface area contributed by atoms with Gasteiger partial charge >= 0.3 is 0 Å². The van der Waals surface area contributed by atoms with Crippen LogP contribution in [0.2, 0.25) is 5.02 Å². The molecule has 4 aromatic rings. The summed E-state index contributed by atoms with van der Waals surface area (Å²) in [6.07, 6.45) is 9.00. The molecule has 41 heavy (non-hydrogen) atoms. The second-order valence-electron chi connectivity index (χ2n) is 10.8. The van der Waals surface area contributed by atoms with Crippen LogP contribution in [0.25, 0.3) is 16.9 Å². The van der Waals surface area contributed by atoms with Crippen molar-refractivity contribution in [3.8, 4) is 28.4 Å².